The Bertz CT molecular complexity index is 822. The molecule has 0 spiro atoms. The van der Waals surface area contributed by atoms with E-state index in [1.165, 1.54) is 0 Å². The van der Waals surface area contributed by atoms with Gasteiger partial charge in [0.25, 0.3) is 0 Å². The summed E-state index contributed by atoms with van der Waals surface area (Å²) in [6.45, 7) is 1.94. The van der Waals surface area contributed by atoms with Crippen molar-refractivity contribution in [3.05, 3.63) is 64.2 Å². The van der Waals surface area contributed by atoms with E-state index in [-0.39, 0.29) is 24.9 Å². The molecule has 4 rings (SSSR count). The average Bonchev–Trinajstić information content (AvgIpc) is 2.77. The standard InChI is InChI=1S/C24H30ClNO4/c25-23-6-3-17(24-14-19(28)13-22(15-27)30-24)12-18(23)11-16-1-4-20(5-2-16)29-21-7-9-26-10-8-21/h1-6,12,19,21-22,24,26-28H,7-11,13-15H2/t19-,22-,24+/m0/s1. The summed E-state index contributed by atoms with van der Waals surface area (Å²) in [7, 11) is 0. The molecule has 6 heteroatoms. The van der Waals surface area contributed by atoms with Crippen LogP contribution in [0.2, 0.25) is 5.02 Å². The highest BCUT2D eigenvalue weighted by Crippen LogP contribution is 2.34. The summed E-state index contributed by atoms with van der Waals surface area (Å²) in [5.74, 6) is 0.908. The Labute approximate surface area is 183 Å². The number of halogens is 1. The van der Waals surface area contributed by atoms with Crippen LogP contribution in [-0.4, -0.2) is 48.2 Å². The first-order valence-electron chi connectivity index (χ1n) is 10.8. The predicted molar refractivity (Wildman–Crippen MR) is 117 cm³/mol. The van der Waals surface area contributed by atoms with Gasteiger partial charge in [0, 0.05) is 17.9 Å². The van der Waals surface area contributed by atoms with E-state index in [1.807, 2.05) is 24.3 Å². The fraction of sp³-hybridized carbons (Fsp3) is 0.500. The maximum Gasteiger partial charge on any atom is 0.119 e. The van der Waals surface area contributed by atoms with Gasteiger partial charge in [-0.25, -0.2) is 0 Å². The minimum atomic E-state index is -0.465. The third kappa shape index (κ3) is 5.54. The zero-order chi connectivity index (χ0) is 20.9. The molecular weight excluding hydrogens is 402 g/mol. The summed E-state index contributed by atoms with van der Waals surface area (Å²) in [4.78, 5) is 0. The predicted octanol–water partition coefficient (Wildman–Crippen LogP) is 3.63. The first-order chi connectivity index (χ1) is 14.6. The van der Waals surface area contributed by atoms with E-state index in [2.05, 4.69) is 23.5 Å². The molecule has 0 saturated carbocycles. The Kier molecular flexibility index (Phi) is 7.28. The summed E-state index contributed by atoms with van der Waals surface area (Å²) in [5.41, 5.74) is 3.16. The molecule has 30 heavy (non-hydrogen) atoms. The fourth-order valence-corrected chi connectivity index (χ4v) is 4.45. The first-order valence-corrected chi connectivity index (χ1v) is 11.2. The lowest BCUT2D eigenvalue weighted by atomic mass is 9.94. The molecule has 2 heterocycles. The molecule has 3 N–H and O–H groups in total. The molecule has 2 saturated heterocycles. The third-order valence-electron chi connectivity index (χ3n) is 5.93. The Morgan fingerprint density at radius 1 is 1.07 bits per heavy atom. The van der Waals surface area contributed by atoms with Gasteiger partial charge >= 0.3 is 0 Å². The quantitative estimate of drug-likeness (QED) is 0.651. The van der Waals surface area contributed by atoms with Crippen LogP contribution >= 0.6 is 11.6 Å². The average molecular weight is 432 g/mol. The second-order valence-electron chi connectivity index (χ2n) is 8.29. The van der Waals surface area contributed by atoms with Crippen molar-refractivity contribution >= 4 is 11.6 Å². The Hall–Kier alpha value is -1.63. The highest BCUT2D eigenvalue weighted by atomic mass is 35.5. The molecular formula is C24H30ClNO4. The van der Waals surface area contributed by atoms with Gasteiger partial charge in [0.15, 0.2) is 0 Å². The first kappa shape index (κ1) is 21.6. The highest BCUT2D eigenvalue weighted by Gasteiger charge is 2.29. The van der Waals surface area contributed by atoms with Crippen molar-refractivity contribution in [1.82, 2.24) is 5.32 Å². The van der Waals surface area contributed by atoms with Crippen molar-refractivity contribution in [1.29, 1.82) is 0 Å². The van der Waals surface area contributed by atoms with Crippen LogP contribution in [0.1, 0.15) is 48.5 Å². The zero-order valence-corrected chi connectivity index (χ0v) is 17.9. The summed E-state index contributed by atoms with van der Waals surface area (Å²) < 4.78 is 12.0. The molecule has 0 unspecified atom stereocenters. The van der Waals surface area contributed by atoms with Crippen LogP contribution in [0.25, 0.3) is 0 Å². The highest BCUT2D eigenvalue weighted by molar-refractivity contribution is 6.31. The molecule has 0 aliphatic carbocycles. The van der Waals surface area contributed by atoms with Gasteiger partial charge in [-0.2, -0.15) is 0 Å². The Morgan fingerprint density at radius 3 is 2.57 bits per heavy atom. The van der Waals surface area contributed by atoms with E-state index in [1.54, 1.807) is 0 Å². The third-order valence-corrected chi connectivity index (χ3v) is 6.30. The van der Waals surface area contributed by atoms with Crippen molar-refractivity contribution in [3.8, 4) is 5.75 Å². The fourth-order valence-electron chi connectivity index (χ4n) is 4.26. The molecule has 0 amide bonds. The summed E-state index contributed by atoms with van der Waals surface area (Å²) in [5, 5.41) is 23.6. The molecule has 2 fully saturated rings. The summed E-state index contributed by atoms with van der Waals surface area (Å²) in [6.07, 6.45) is 3.05. The SMILES string of the molecule is OC[C@@H]1C[C@H](O)C[C@H](c2ccc(Cl)c(Cc3ccc(OC4CCNCC4)cc3)c2)O1. The maximum atomic E-state index is 10.1. The normalized spacial score (nSPS) is 25.2. The number of rotatable bonds is 6. The molecule has 2 aromatic rings. The summed E-state index contributed by atoms with van der Waals surface area (Å²) in [6, 6.07) is 14.1. The topological polar surface area (TPSA) is 71.0 Å². The van der Waals surface area contributed by atoms with Gasteiger partial charge in [0.2, 0.25) is 0 Å². The van der Waals surface area contributed by atoms with Crippen molar-refractivity contribution in [2.45, 2.75) is 56.5 Å². The molecule has 0 radical (unpaired) electrons. The number of hydrogen-bond acceptors (Lipinski definition) is 5. The molecule has 2 aliphatic rings. The maximum absolute atomic E-state index is 10.1. The van der Waals surface area contributed by atoms with Gasteiger partial charge < -0.3 is 25.0 Å². The van der Waals surface area contributed by atoms with Crippen LogP contribution in [0.3, 0.4) is 0 Å². The number of nitrogens with one attached hydrogen (secondary N) is 1. The van der Waals surface area contributed by atoms with Crippen LogP contribution < -0.4 is 10.1 Å². The summed E-state index contributed by atoms with van der Waals surface area (Å²) >= 11 is 6.47. The van der Waals surface area contributed by atoms with Crippen LogP contribution in [0.5, 0.6) is 5.75 Å². The van der Waals surface area contributed by atoms with E-state index >= 15 is 0 Å². The minimum absolute atomic E-state index is 0.0835. The van der Waals surface area contributed by atoms with E-state index in [4.69, 9.17) is 21.1 Å². The molecule has 0 bridgehead atoms. The minimum Gasteiger partial charge on any atom is -0.490 e. The van der Waals surface area contributed by atoms with Gasteiger partial charge in [-0.1, -0.05) is 35.9 Å². The van der Waals surface area contributed by atoms with Gasteiger partial charge in [0.1, 0.15) is 11.9 Å². The van der Waals surface area contributed by atoms with E-state index in [0.29, 0.717) is 24.3 Å². The van der Waals surface area contributed by atoms with Gasteiger partial charge in [-0.3, -0.25) is 0 Å². The Morgan fingerprint density at radius 2 is 1.83 bits per heavy atom. The smallest absolute Gasteiger partial charge is 0.119 e. The monoisotopic (exact) mass is 431 g/mol. The van der Waals surface area contributed by atoms with Gasteiger partial charge in [-0.15, -0.1) is 0 Å². The molecule has 2 aromatic carbocycles. The molecule has 2 aliphatic heterocycles. The van der Waals surface area contributed by atoms with Gasteiger partial charge in [-0.05, 0) is 67.2 Å². The number of ether oxygens (including phenoxy) is 2. The molecule has 0 aromatic heterocycles. The lowest BCUT2D eigenvalue weighted by Gasteiger charge is -2.32. The van der Waals surface area contributed by atoms with E-state index < -0.39 is 6.10 Å². The number of hydrogen-bond donors (Lipinski definition) is 3. The number of benzene rings is 2. The number of piperidine rings is 1. The van der Waals surface area contributed by atoms with Crippen molar-refractivity contribution < 1.29 is 19.7 Å². The number of aliphatic hydroxyl groups excluding tert-OH is 2. The van der Waals surface area contributed by atoms with Crippen molar-refractivity contribution in [2.24, 2.45) is 0 Å². The van der Waals surface area contributed by atoms with Crippen LogP contribution in [0.4, 0.5) is 0 Å². The van der Waals surface area contributed by atoms with Gasteiger partial charge in [0.05, 0.1) is 24.9 Å². The lowest BCUT2D eigenvalue weighted by Crippen LogP contribution is -2.34. The van der Waals surface area contributed by atoms with Crippen molar-refractivity contribution in [3.63, 3.8) is 0 Å². The molecule has 5 nitrogen and oxygen atoms in total. The zero-order valence-electron chi connectivity index (χ0n) is 17.1. The van der Waals surface area contributed by atoms with E-state index in [9.17, 15) is 10.2 Å². The largest absolute Gasteiger partial charge is 0.490 e. The van der Waals surface area contributed by atoms with Crippen LogP contribution in [0, 0.1) is 0 Å². The molecule has 3 atom stereocenters. The van der Waals surface area contributed by atoms with Crippen LogP contribution in [0.15, 0.2) is 42.5 Å². The van der Waals surface area contributed by atoms with Crippen molar-refractivity contribution in [2.75, 3.05) is 19.7 Å². The lowest BCUT2D eigenvalue weighted by molar-refractivity contribution is -0.113. The second-order valence-corrected chi connectivity index (χ2v) is 8.70. The second kappa shape index (κ2) is 10.1. The van der Waals surface area contributed by atoms with E-state index in [0.717, 1.165) is 48.4 Å². The molecule has 162 valence electrons. The Balaban J connectivity index is 1.43. The van der Waals surface area contributed by atoms with Crippen LogP contribution in [-0.2, 0) is 11.2 Å². The number of aliphatic hydroxyl groups is 2.